The van der Waals surface area contributed by atoms with E-state index in [1.165, 1.54) is 48.2 Å². The number of nitrogens with one attached hydrogen (secondary N) is 1. The molecular weight excluding hydrogens is 492 g/mol. The van der Waals surface area contributed by atoms with Crippen LogP contribution < -0.4 is 10.5 Å². The summed E-state index contributed by atoms with van der Waals surface area (Å²) in [5.74, 6) is -0.572. The molecule has 1 aliphatic rings. The normalized spacial score (nSPS) is 17.4. The van der Waals surface area contributed by atoms with E-state index in [1.807, 2.05) is 13.8 Å². The van der Waals surface area contributed by atoms with Gasteiger partial charge < -0.3 is 10.2 Å². The van der Waals surface area contributed by atoms with Crippen LogP contribution in [0.15, 0.2) is 58.3 Å². The van der Waals surface area contributed by atoms with E-state index in [9.17, 15) is 26.4 Å². The number of hydrogen-bond acceptors (Lipinski definition) is 6. The number of primary sulfonamides is 1. The fraction of sp³-hybridized carbons (Fsp3) is 0.391. The maximum absolute atomic E-state index is 13.4. The van der Waals surface area contributed by atoms with Gasteiger partial charge >= 0.3 is 0 Å². The lowest BCUT2D eigenvalue weighted by molar-refractivity contribution is -0.134. The van der Waals surface area contributed by atoms with Gasteiger partial charge in [-0.15, -0.1) is 0 Å². The van der Waals surface area contributed by atoms with Crippen LogP contribution in [-0.4, -0.2) is 63.5 Å². The summed E-state index contributed by atoms with van der Waals surface area (Å²) in [6.07, 6.45) is 0. The van der Waals surface area contributed by atoms with Gasteiger partial charge in [-0.3, -0.25) is 9.59 Å². The van der Waals surface area contributed by atoms with Gasteiger partial charge in [0.25, 0.3) is 0 Å². The lowest BCUT2D eigenvalue weighted by Gasteiger charge is -2.39. The van der Waals surface area contributed by atoms with Crippen LogP contribution in [0.1, 0.15) is 37.8 Å². The van der Waals surface area contributed by atoms with Gasteiger partial charge in [0.05, 0.1) is 9.79 Å². The number of carbonyl (C=O) groups excluding carboxylic acids is 2. The number of hydrogen-bond donors (Lipinski definition) is 2. The number of sulfonamides is 2. The molecule has 1 fully saturated rings. The number of rotatable bonds is 7. The largest absolute Gasteiger partial charge is 0.351 e. The van der Waals surface area contributed by atoms with Crippen LogP contribution in [0.25, 0.3) is 0 Å². The van der Waals surface area contributed by atoms with Crippen LogP contribution in [0.2, 0.25) is 0 Å². The molecule has 0 saturated carbocycles. The first-order chi connectivity index (χ1) is 16.3. The van der Waals surface area contributed by atoms with Crippen molar-refractivity contribution in [2.45, 2.75) is 49.1 Å². The molecule has 3 rings (SSSR count). The van der Waals surface area contributed by atoms with Gasteiger partial charge in [0.15, 0.2) is 0 Å². The minimum absolute atomic E-state index is 0.0189. The maximum atomic E-state index is 13.4. The van der Waals surface area contributed by atoms with Gasteiger partial charge in [-0.25, -0.2) is 22.0 Å². The number of carbonyl (C=O) groups is 2. The van der Waals surface area contributed by atoms with Crippen molar-refractivity contribution in [1.29, 1.82) is 0 Å². The van der Waals surface area contributed by atoms with Crippen LogP contribution >= 0.6 is 0 Å². The van der Waals surface area contributed by atoms with Crippen LogP contribution in [0, 0.1) is 0 Å². The van der Waals surface area contributed by atoms with Crippen molar-refractivity contribution < 1.29 is 26.4 Å². The smallest absolute Gasteiger partial charge is 0.243 e. The Balaban J connectivity index is 1.82. The Hall–Kier alpha value is -2.80. The molecule has 1 atom stereocenters. The Kier molecular flexibility index (Phi) is 8.00. The highest BCUT2D eigenvalue weighted by Gasteiger charge is 2.40. The number of piperazine rings is 1. The molecule has 2 aromatic rings. The lowest BCUT2D eigenvalue weighted by atomic mass is 10.0. The molecule has 0 bridgehead atoms. The molecule has 0 spiro atoms. The molecule has 1 unspecified atom stereocenters. The van der Waals surface area contributed by atoms with Gasteiger partial charge in [0.1, 0.15) is 6.04 Å². The van der Waals surface area contributed by atoms with Crippen molar-refractivity contribution in [2.24, 2.45) is 5.14 Å². The zero-order valence-electron chi connectivity index (χ0n) is 19.8. The Morgan fingerprint density at radius 3 is 2.06 bits per heavy atom. The molecule has 1 saturated heterocycles. The van der Waals surface area contributed by atoms with E-state index in [1.54, 1.807) is 12.1 Å². The lowest BCUT2D eigenvalue weighted by Crippen LogP contribution is -2.61. The van der Waals surface area contributed by atoms with Gasteiger partial charge in [-0.2, -0.15) is 4.31 Å². The molecule has 2 amide bonds. The van der Waals surface area contributed by atoms with E-state index in [2.05, 4.69) is 5.32 Å². The van der Waals surface area contributed by atoms with Gasteiger partial charge in [0, 0.05) is 33.1 Å². The molecule has 3 N–H and O–H groups in total. The minimum Gasteiger partial charge on any atom is -0.351 e. The van der Waals surface area contributed by atoms with E-state index in [0.29, 0.717) is 5.56 Å². The highest BCUT2D eigenvalue weighted by Crippen LogP contribution is 2.24. The molecule has 2 aromatic carbocycles. The quantitative estimate of drug-likeness (QED) is 0.554. The molecule has 12 heteroatoms. The van der Waals surface area contributed by atoms with Crippen molar-refractivity contribution in [1.82, 2.24) is 14.5 Å². The summed E-state index contributed by atoms with van der Waals surface area (Å²) in [5, 5.41) is 7.80. The molecule has 0 radical (unpaired) electrons. The van der Waals surface area contributed by atoms with Crippen molar-refractivity contribution in [3.05, 3.63) is 59.7 Å². The molecule has 0 aliphatic carbocycles. The minimum atomic E-state index is -4.00. The zero-order valence-corrected chi connectivity index (χ0v) is 21.5. The Morgan fingerprint density at radius 2 is 1.54 bits per heavy atom. The Labute approximate surface area is 206 Å². The second-order valence-corrected chi connectivity index (χ2v) is 12.2. The van der Waals surface area contributed by atoms with Crippen molar-refractivity contribution >= 4 is 31.9 Å². The summed E-state index contributed by atoms with van der Waals surface area (Å²) in [5.41, 5.74) is 1.59. The summed E-state index contributed by atoms with van der Waals surface area (Å²) >= 11 is 0. The van der Waals surface area contributed by atoms with E-state index in [-0.39, 0.29) is 47.8 Å². The van der Waals surface area contributed by atoms with E-state index in [0.717, 1.165) is 9.87 Å². The van der Waals surface area contributed by atoms with E-state index >= 15 is 0 Å². The molecule has 1 heterocycles. The van der Waals surface area contributed by atoms with Crippen molar-refractivity contribution in [2.75, 3.05) is 19.6 Å². The first-order valence-electron chi connectivity index (χ1n) is 11.1. The maximum Gasteiger partial charge on any atom is 0.243 e. The summed E-state index contributed by atoms with van der Waals surface area (Å²) in [4.78, 5) is 26.5. The summed E-state index contributed by atoms with van der Waals surface area (Å²) in [6.45, 7) is 5.51. The average molecular weight is 523 g/mol. The van der Waals surface area contributed by atoms with Crippen molar-refractivity contribution in [3.63, 3.8) is 0 Å². The highest BCUT2D eigenvalue weighted by atomic mass is 32.2. The second kappa shape index (κ2) is 10.4. The fourth-order valence-electron chi connectivity index (χ4n) is 3.82. The Bertz CT molecular complexity index is 1290. The third-order valence-electron chi connectivity index (χ3n) is 5.95. The van der Waals surface area contributed by atoms with E-state index in [4.69, 9.17) is 5.14 Å². The monoisotopic (exact) mass is 522 g/mol. The van der Waals surface area contributed by atoms with E-state index < -0.39 is 32.0 Å². The first kappa shape index (κ1) is 26.8. The predicted octanol–water partition coefficient (Wildman–Crippen LogP) is 0.995. The average Bonchev–Trinajstić information content (AvgIpc) is 2.81. The fourth-order valence-corrected chi connectivity index (χ4v) is 5.90. The first-order valence-corrected chi connectivity index (χ1v) is 14.1. The van der Waals surface area contributed by atoms with Crippen LogP contribution in [-0.2, 0) is 36.2 Å². The van der Waals surface area contributed by atoms with Crippen LogP contribution in [0.4, 0.5) is 0 Å². The SMILES string of the molecule is CC(=O)N1CCN(S(=O)(=O)c2ccc(C(C)C)cc2)C(C(=O)NCc2ccc(S(N)(=O)=O)cc2)C1. The van der Waals surface area contributed by atoms with Crippen LogP contribution in [0.3, 0.4) is 0 Å². The predicted molar refractivity (Wildman–Crippen MR) is 130 cm³/mol. The van der Waals surface area contributed by atoms with Gasteiger partial charge in [0.2, 0.25) is 31.9 Å². The van der Waals surface area contributed by atoms with Crippen molar-refractivity contribution in [3.8, 4) is 0 Å². The third kappa shape index (κ3) is 6.26. The molecular formula is C23H30N4O6S2. The molecule has 0 aromatic heterocycles. The zero-order chi connectivity index (χ0) is 26.0. The summed E-state index contributed by atoms with van der Waals surface area (Å²) in [6, 6.07) is 11.1. The highest BCUT2D eigenvalue weighted by molar-refractivity contribution is 7.89. The third-order valence-corrected chi connectivity index (χ3v) is 8.80. The molecule has 35 heavy (non-hydrogen) atoms. The number of amides is 2. The number of benzene rings is 2. The summed E-state index contributed by atoms with van der Waals surface area (Å²) < 4.78 is 50.8. The second-order valence-electron chi connectivity index (χ2n) is 8.73. The van der Waals surface area contributed by atoms with Gasteiger partial charge in [-0.1, -0.05) is 38.1 Å². The topological polar surface area (TPSA) is 147 Å². The number of nitrogens with two attached hydrogens (primary N) is 1. The molecule has 10 nitrogen and oxygen atoms in total. The van der Waals surface area contributed by atoms with Crippen LogP contribution in [0.5, 0.6) is 0 Å². The standard InChI is InChI=1S/C23H30N4O6S2/c1-16(2)19-6-10-21(11-7-19)35(32,33)27-13-12-26(17(3)28)15-22(27)23(29)25-14-18-4-8-20(9-5-18)34(24,30)31/h4-11,16,22H,12-15H2,1-3H3,(H,25,29)(H2,24,30,31). The number of nitrogens with zero attached hydrogens (tertiary/aromatic N) is 2. The molecule has 1 aliphatic heterocycles. The Morgan fingerprint density at radius 1 is 0.971 bits per heavy atom. The summed E-state index contributed by atoms with van der Waals surface area (Å²) in [7, 11) is -7.84. The molecule has 190 valence electrons. The van der Waals surface area contributed by atoms with Gasteiger partial charge in [-0.05, 0) is 41.3 Å².